The van der Waals surface area contributed by atoms with Crippen LogP contribution >= 0.6 is 0 Å². The first-order valence-corrected chi connectivity index (χ1v) is 10.9. The number of amidine groups is 1. The lowest BCUT2D eigenvalue weighted by molar-refractivity contribution is -0.340. The van der Waals surface area contributed by atoms with Crippen molar-refractivity contribution in [1.29, 1.82) is 0 Å². The molecule has 0 saturated carbocycles. The van der Waals surface area contributed by atoms with E-state index < -0.39 is 35.5 Å². The molecule has 1 aliphatic rings. The van der Waals surface area contributed by atoms with Gasteiger partial charge in [0.25, 0.3) is 11.7 Å². The molecule has 2 N–H and O–H groups in total. The highest BCUT2D eigenvalue weighted by molar-refractivity contribution is 6.68. The van der Waals surface area contributed by atoms with Gasteiger partial charge in [-0.3, -0.25) is 14.4 Å². The molecule has 0 bridgehead atoms. The van der Waals surface area contributed by atoms with E-state index in [-0.39, 0.29) is 22.9 Å². The van der Waals surface area contributed by atoms with Gasteiger partial charge in [0.1, 0.15) is 17.2 Å². The Morgan fingerprint density at radius 1 is 0.892 bits per heavy atom. The molecular weight excluding hydrogens is 480 g/mol. The summed E-state index contributed by atoms with van der Waals surface area (Å²) in [6.07, 6.45) is 0. The number of carbonyl (C=O) groups excluding carboxylic acids is 5. The number of ether oxygens (including phenoxy) is 2. The maximum absolute atomic E-state index is 13.1. The molecule has 1 aliphatic heterocycles. The molecular formula is C26H21N4O7+. The minimum absolute atomic E-state index is 0.0774. The Kier molecular flexibility index (Phi) is 6.61. The fourth-order valence-electron chi connectivity index (χ4n) is 3.77. The third-order valence-electron chi connectivity index (χ3n) is 5.34. The van der Waals surface area contributed by atoms with Gasteiger partial charge in [0, 0.05) is 30.9 Å². The van der Waals surface area contributed by atoms with Crippen LogP contribution in [0.15, 0.2) is 65.7 Å². The topological polar surface area (TPSA) is 148 Å². The van der Waals surface area contributed by atoms with Crippen LogP contribution < -0.4 is 15.2 Å². The SMILES string of the molecule is CC(=O)Oc1cc(OC(C)=O)cc(C(=O)N=C2C(=O)N(C)C(=O)[N+](c3cccc4ccccc34)=C2N)c1. The Bertz CT molecular complexity index is 1530. The average Bonchev–Trinajstić information content (AvgIpc) is 2.84. The molecule has 186 valence electrons. The number of nitrogens with zero attached hydrogens (tertiary/aromatic N) is 3. The summed E-state index contributed by atoms with van der Waals surface area (Å²) in [4.78, 5) is 66.6. The Balaban J connectivity index is 1.85. The standard InChI is InChI=1S/C26H20N4O7/c1-14(31)36-18-11-17(12-19(13-18)37-15(2)32)24(33)28-22-23(27)30(26(35)29(3)25(22)34)21-10-6-8-16-7-4-5-9-20(16)21/h4-13,27H,1-3H3/p+1. The van der Waals surface area contributed by atoms with Gasteiger partial charge < -0.3 is 15.2 Å². The highest BCUT2D eigenvalue weighted by Crippen LogP contribution is 2.28. The number of fused-ring (bicyclic) bond motifs is 1. The number of hydrogen-bond donors (Lipinski definition) is 1. The minimum atomic E-state index is -0.950. The molecule has 11 nitrogen and oxygen atoms in total. The molecule has 1 heterocycles. The predicted octanol–water partition coefficient (Wildman–Crippen LogP) is 2.57. The number of imide groups is 1. The number of amides is 4. The molecule has 37 heavy (non-hydrogen) atoms. The van der Waals surface area contributed by atoms with Gasteiger partial charge in [-0.25, -0.2) is 9.59 Å². The van der Waals surface area contributed by atoms with Crippen LogP contribution in [0.3, 0.4) is 0 Å². The number of carbonyl (C=O) groups is 5. The molecule has 0 aliphatic carbocycles. The van der Waals surface area contributed by atoms with E-state index in [0.717, 1.165) is 28.7 Å². The summed E-state index contributed by atoms with van der Waals surface area (Å²) in [7, 11) is 1.25. The lowest BCUT2D eigenvalue weighted by Crippen LogP contribution is -2.55. The normalized spacial score (nSPS) is 14.8. The Hall–Kier alpha value is -5.19. The molecule has 0 spiro atoms. The predicted molar refractivity (Wildman–Crippen MR) is 132 cm³/mol. The molecule has 3 aromatic rings. The van der Waals surface area contributed by atoms with Crippen LogP contribution in [0.2, 0.25) is 0 Å². The summed E-state index contributed by atoms with van der Waals surface area (Å²) in [6, 6.07) is 15.4. The van der Waals surface area contributed by atoms with Crippen molar-refractivity contribution in [1.82, 2.24) is 4.90 Å². The van der Waals surface area contributed by atoms with Crippen molar-refractivity contribution >= 4 is 57.8 Å². The minimum Gasteiger partial charge on any atom is -0.427 e. The van der Waals surface area contributed by atoms with E-state index in [0.29, 0.717) is 11.1 Å². The van der Waals surface area contributed by atoms with Gasteiger partial charge in [-0.15, -0.1) is 0 Å². The second-order valence-electron chi connectivity index (χ2n) is 8.01. The van der Waals surface area contributed by atoms with Crippen molar-refractivity contribution in [2.75, 3.05) is 7.05 Å². The number of esters is 2. The maximum Gasteiger partial charge on any atom is 0.451 e. The molecule has 3 aromatic carbocycles. The second kappa shape index (κ2) is 9.82. The van der Waals surface area contributed by atoms with Crippen LogP contribution in [-0.2, 0) is 14.4 Å². The van der Waals surface area contributed by atoms with E-state index in [1.165, 1.54) is 25.2 Å². The fourth-order valence-corrected chi connectivity index (χ4v) is 3.77. The van der Waals surface area contributed by atoms with Crippen LogP contribution in [0.1, 0.15) is 24.2 Å². The van der Waals surface area contributed by atoms with E-state index in [1.807, 2.05) is 18.2 Å². The van der Waals surface area contributed by atoms with Gasteiger partial charge in [0.2, 0.25) is 5.71 Å². The highest BCUT2D eigenvalue weighted by atomic mass is 16.5. The fraction of sp³-hybridized carbons (Fsp3) is 0.115. The monoisotopic (exact) mass is 501 g/mol. The van der Waals surface area contributed by atoms with E-state index in [4.69, 9.17) is 15.2 Å². The average molecular weight is 501 g/mol. The van der Waals surface area contributed by atoms with Gasteiger partial charge in [-0.1, -0.05) is 36.4 Å². The first-order valence-electron chi connectivity index (χ1n) is 10.9. The zero-order valence-corrected chi connectivity index (χ0v) is 20.1. The van der Waals surface area contributed by atoms with E-state index >= 15 is 0 Å². The lowest BCUT2D eigenvalue weighted by atomic mass is 10.1. The van der Waals surface area contributed by atoms with Gasteiger partial charge >= 0.3 is 23.9 Å². The Labute approximate surface area is 210 Å². The van der Waals surface area contributed by atoms with Gasteiger partial charge in [-0.2, -0.15) is 14.5 Å². The summed E-state index contributed by atoms with van der Waals surface area (Å²) in [6.45, 7) is 2.32. The van der Waals surface area contributed by atoms with Crippen LogP contribution in [0, 0.1) is 0 Å². The van der Waals surface area contributed by atoms with Gasteiger partial charge in [0.05, 0.1) is 7.05 Å². The summed E-state index contributed by atoms with van der Waals surface area (Å²) in [5.74, 6) is -3.67. The molecule has 11 heteroatoms. The van der Waals surface area contributed by atoms with Crippen LogP contribution in [-0.4, -0.2) is 57.9 Å². The third kappa shape index (κ3) is 4.96. The quantitative estimate of drug-likeness (QED) is 0.326. The van der Waals surface area contributed by atoms with Crippen LogP contribution in [0.5, 0.6) is 11.5 Å². The summed E-state index contributed by atoms with van der Waals surface area (Å²) < 4.78 is 11.1. The molecule has 0 aromatic heterocycles. The summed E-state index contributed by atoms with van der Waals surface area (Å²) in [5, 5.41) is 1.52. The summed E-state index contributed by atoms with van der Waals surface area (Å²) in [5.41, 5.74) is 6.04. The Morgan fingerprint density at radius 2 is 1.49 bits per heavy atom. The van der Waals surface area contributed by atoms with E-state index in [2.05, 4.69) is 4.99 Å². The van der Waals surface area contributed by atoms with E-state index in [1.54, 1.807) is 24.3 Å². The molecule has 0 unspecified atom stereocenters. The second-order valence-corrected chi connectivity index (χ2v) is 8.01. The number of urea groups is 1. The van der Waals surface area contributed by atoms with Crippen LogP contribution in [0.4, 0.5) is 10.5 Å². The Morgan fingerprint density at radius 3 is 2.11 bits per heavy atom. The van der Waals surface area contributed by atoms with Crippen molar-refractivity contribution in [2.24, 2.45) is 10.7 Å². The zero-order chi connectivity index (χ0) is 26.9. The van der Waals surface area contributed by atoms with Crippen molar-refractivity contribution in [2.45, 2.75) is 13.8 Å². The molecule has 4 rings (SSSR count). The van der Waals surface area contributed by atoms with Crippen molar-refractivity contribution in [3.8, 4) is 11.5 Å². The molecule has 0 saturated heterocycles. The van der Waals surface area contributed by atoms with Crippen molar-refractivity contribution < 1.29 is 38.0 Å². The highest BCUT2D eigenvalue weighted by Gasteiger charge is 2.42. The molecule has 0 fully saturated rings. The van der Waals surface area contributed by atoms with Gasteiger partial charge in [0.15, 0.2) is 0 Å². The first-order chi connectivity index (χ1) is 17.6. The maximum atomic E-state index is 13.1. The first kappa shape index (κ1) is 24.9. The number of benzene rings is 3. The molecule has 4 amide bonds. The molecule has 0 atom stereocenters. The van der Waals surface area contributed by atoms with Gasteiger partial charge in [-0.05, 0) is 23.6 Å². The van der Waals surface area contributed by atoms with Crippen LogP contribution in [0.25, 0.3) is 10.8 Å². The largest absolute Gasteiger partial charge is 0.451 e. The number of aliphatic imine (C=N–C) groups is 1. The van der Waals surface area contributed by atoms with Crippen molar-refractivity contribution in [3.63, 3.8) is 0 Å². The molecule has 0 radical (unpaired) electrons. The number of rotatable bonds is 4. The third-order valence-corrected chi connectivity index (χ3v) is 5.34. The number of hydrogen-bond acceptors (Lipinski definition) is 8. The van der Waals surface area contributed by atoms with Crippen molar-refractivity contribution in [3.05, 3.63) is 66.2 Å². The number of nitrogens with two attached hydrogens (primary N) is 1. The van der Waals surface area contributed by atoms with E-state index in [9.17, 15) is 24.0 Å². The zero-order valence-electron chi connectivity index (χ0n) is 20.1. The lowest BCUT2D eigenvalue weighted by Gasteiger charge is -2.21. The summed E-state index contributed by atoms with van der Waals surface area (Å²) >= 11 is 0. The smallest absolute Gasteiger partial charge is 0.427 e.